The minimum atomic E-state index is -0.234. The van der Waals surface area contributed by atoms with E-state index < -0.39 is 0 Å². The van der Waals surface area contributed by atoms with Gasteiger partial charge in [0.2, 0.25) is 0 Å². The van der Waals surface area contributed by atoms with E-state index in [0.717, 1.165) is 29.3 Å². The lowest BCUT2D eigenvalue weighted by Gasteiger charge is -2.32. The van der Waals surface area contributed by atoms with E-state index in [1.54, 1.807) is 11.8 Å². The number of likely N-dealkylation sites (tertiary alicyclic amines) is 1. The monoisotopic (exact) mass is 376 g/mol. The summed E-state index contributed by atoms with van der Waals surface area (Å²) in [6, 6.07) is 5.72. The van der Waals surface area contributed by atoms with E-state index in [2.05, 4.69) is 0 Å². The molecule has 0 spiro atoms. The average Bonchev–Trinajstić information content (AvgIpc) is 2.92. The molecule has 6 heteroatoms. The van der Waals surface area contributed by atoms with E-state index in [1.807, 2.05) is 36.6 Å². The fourth-order valence-electron chi connectivity index (χ4n) is 3.86. The van der Waals surface area contributed by atoms with E-state index in [0.29, 0.717) is 37.0 Å². The number of aryl methyl sites for hydroxylation is 2. The first-order valence-electron chi connectivity index (χ1n) is 9.22. The molecule has 1 atom stereocenters. The topological polar surface area (TPSA) is 51.5 Å². The molecule has 140 valence electrons. The number of hydrogen-bond acceptors (Lipinski definition) is 3. The van der Waals surface area contributed by atoms with Crippen molar-refractivity contribution in [1.82, 2.24) is 9.47 Å². The molecule has 1 aromatic carbocycles. The van der Waals surface area contributed by atoms with Crippen LogP contribution in [0.1, 0.15) is 42.7 Å². The lowest BCUT2D eigenvalue weighted by atomic mass is 9.97. The van der Waals surface area contributed by atoms with Crippen molar-refractivity contribution in [3.8, 4) is 0 Å². The molecule has 26 heavy (non-hydrogen) atoms. The Morgan fingerprint density at radius 3 is 2.77 bits per heavy atom. The Morgan fingerprint density at radius 1 is 1.31 bits per heavy atom. The van der Waals surface area contributed by atoms with Crippen LogP contribution in [0.4, 0.5) is 0 Å². The normalized spacial score (nSPS) is 17.5. The SMILES string of the molecule is CCOC(=O)C1CCCN(C(=O)c2c(C)c3cc(Cl)ccc3n2CC)C1. The fraction of sp³-hybridized carbons (Fsp3) is 0.500. The number of esters is 1. The fourth-order valence-corrected chi connectivity index (χ4v) is 4.03. The minimum Gasteiger partial charge on any atom is -0.466 e. The predicted octanol–water partition coefficient (Wildman–Crippen LogP) is 4.04. The summed E-state index contributed by atoms with van der Waals surface area (Å²) in [7, 11) is 0. The van der Waals surface area contributed by atoms with Crippen LogP contribution >= 0.6 is 11.6 Å². The Hall–Kier alpha value is -2.01. The van der Waals surface area contributed by atoms with Crippen molar-refractivity contribution in [3.05, 3.63) is 34.5 Å². The third kappa shape index (κ3) is 3.32. The van der Waals surface area contributed by atoms with Gasteiger partial charge in [0.15, 0.2) is 0 Å². The standard InChI is InChI=1S/C20H25ClN2O3/c1-4-23-17-9-8-15(21)11-16(17)13(3)18(23)19(24)22-10-6-7-14(12-22)20(25)26-5-2/h8-9,11,14H,4-7,10,12H2,1-3H3. The number of benzene rings is 1. The zero-order valence-electron chi connectivity index (χ0n) is 15.5. The summed E-state index contributed by atoms with van der Waals surface area (Å²) < 4.78 is 7.19. The van der Waals surface area contributed by atoms with Gasteiger partial charge in [-0.3, -0.25) is 9.59 Å². The first-order valence-corrected chi connectivity index (χ1v) is 9.59. The van der Waals surface area contributed by atoms with Gasteiger partial charge in [0, 0.05) is 35.6 Å². The quantitative estimate of drug-likeness (QED) is 0.757. The molecule has 1 aliphatic heterocycles. The Kier molecular flexibility index (Phi) is 5.56. The molecule has 2 heterocycles. The molecule has 0 radical (unpaired) electrons. The number of rotatable bonds is 4. The summed E-state index contributed by atoms with van der Waals surface area (Å²) in [5.41, 5.74) is 2.64. The van der Waals surface area contributed by atoms with Gasteiger partial charge in [0.25, 0.3) is 5.91 Å². The maximum atomic E-state index is 13.3. The van der Waals surface area contributed by atoms with E-state index in [1.165, 1.54) is 0 Å². The van der Waals surface area contributed by atoms with Crippen molar-refractivity contribution in [3.63, 3.8) is 0 Å². The van der Waals surface area contributed by atoms with Crippen LogP contribution in [0.25, 0.3) is 10.9 Å². The largest absolute Gasteiger partial charge is 0.466 e. The Labute approximate surface area is 158 Å². The zero-order valence-corrected chi connectivity index (χ0v) is 16.3. The van der Waals surface area contributed by atoms with Crippen LogP contribution in [0.2, 0.25) is 5.02 Å². The van der Waals surface area contributed by atoms with Crippen LogP contribution in [0.15, 0.2) is 18.2 Å². The zero-order chi connectivity index (χ0) is 18.8. The lowest BCUT2D eigenvalue weighted by molar-refractivity contribution is -0.149. The number of amides is 1. The first-order chi connectivity index (χ1) is 12.5. The molecule has 0 bridgehead atoms. The smallest absolute Gasteiger partial charge is 0.310 e. The van der Waals surface area contributed by atoms with Crippen molar-refractivity contribution in [2.75, 3.05) is 19.7 Å². The highest BCUT2D eigenvalue weighted by atomic mass is 35.5. The highest BCUT2D eigenvalue weighted by Gasteiger charge is 2.32. The third-order valence-electron chi connectivity index (χ3n) is 5.13. The molecule has 3 rings (SSSR count). The third-order valence-corrected chi connectivity index (χ3v) is 5.36. The summed E-state index contributed by atoms with van der Waals surface area (Å²) in [4.78, 5) is 27.2. The number of hydrogen-bond donors (Lipinski definition) is 0. The number of carbonyl (C=O) groups excluding carboxylic acids is 2. The van der Waals surface area contributed by atoms with Crippen LogP contribution in [0.5, 0.6) is 0 Å². The summed E-state index contributed by atoms with van der Waals surface area (Å²) in [6.45, 7) is 7.95. The molecule has 1 aliphatic rings. The molecule has 2 aromatic rings. The van der Waals surface area contributed by atoms with E-state index in [4.69, 9.17) is 16.3 Å². The van der Waals surface area contributed by atoms with Crippen LogP contribution < -0.4 is 0 Å². The lowest BCUT2D eigenvalue weighted by Crippen LogP contribution is -2.43. The Morgan fingerprint density at radius 2 is 2.08 bits per heavy atom. The predicted molar refractivity (Wildman–Crippen MR) is 103 cm³/mol. The van der Waals surface area contributed by atoms with E-state index in [9.17, 15) is 9.59 Å². The summed E-state index contributed by atoms with van der Waals surface area (Å²) >= 11 is 6.15. The Balaban J connectivity index is 1.94. The van der Waals surface area contributed by atoms with Gasteiger partial charge in [-0.15, -0.1) is 0 Å². The number of ether oxygens (including phenoxy) is 1. The van der Waals surface area contributed by atoms with Crippen molar-refractivity contribution < 1.29 is 14.3 Å². The number of fused-ring (bicyclic) bond motifs is 1. The average molecular weight is 377 g/mol. The molecule has 0 saturated carbocycles. The number of piperidine rings is 1. The highest BCUT2D eigenvalue weighted by Crippen LogP contribution is 2.30. The summed E-state index contributed by atoms with van der Waals surface area (Å²) in [6.07, 6.45) is 1.58. The molecule has 0 N–H and O–H groups in total. The molecule has 1 saturated heterocycles. The van der Waals surface area contributed by atoms with Gasteiger partial charge >= 0.3 is 5.97 Å². The van der Waals surface area contributed by atoms with Crippen LogP contribution in [-0.2, 0) is 16.1 Å². The van der Waals surface area contributed by atoms with Crippen molar-refractivity contribution >= 4 is 34.4 Å². The van der Waals surface area contributed by atoms with Crippen molar-refractivity contribution in [2.24, 2.45) is 5.92 Å². The van der Waals surface area contributed by atoms with Gasteiger partial charge in [0.05, 0.1) is 12.5 Å². The van der Waals surface area contributed by atoms with Crippen LogP contribution in [-0.4, -0.2) is 41.0 Å². The number of halogens is 1. The van der Waals surface area contributed by atoms with E-state index in [-0.39, 0.29) is 17.8 Å². The Bertz CT molecular complexity index is 843. The van der Waals surface area contributed by atoms with Gasteiger partial charge < -0.3 is 14.2 Å². The van der Waals surface area contributed by atoms with Gasteiger partial charge in [-0.25, -0.2) is 0 Å². The van der Waals surface area contributed by atoms with Gasteiger partial charge in [-0.05, 0) is 57.4 Å². The summed E-state index contributed by atoms with van der Waals surface area (Å²) in [5, 5.41) is 1.66. The van der Waals surface area contributed by atoms with Gasteiger partial charge in [-0.1, -0.05) is 11.6 Å². The van der Waals surface area contributed by atoms with Crippen LogP contribution in [0, 0.1) is 12.8 Å². The number of nitrogens with zero attached hydrogens (tertiary/aromatic N) is 2. The van der Waals surface area contributed by atoms with Gasteiger partial charge in [0.1, 0.15) is 5.69 Å². The molecule has 1 aromatic heterocycles. The molecule has 0 aliphatic carbocycles. The molecule has 1 unspecified atom stereocenters. The van der Waals surface area contributed by atoms with Gasteiger partial charge in [-0.2, -0.15) is 0 Å². The molecule has 5 nitrogen and oxygen atoms in total. The van der Waals surface area contributed by atoms with Crippen molar-refractivity contribution in [2.45, 2.75) is 40.2 Å². The molecular weight excluding hydrogens is 352 g/mol. The second-order valence-electron chi connectivity index (χ2n) is 6.72. The van der Waals surface area contributed by atoms with E-state index >= 15 is 0 Å². The van der Waals surface area contributed by atoms with Crippen LogP contribution in [0.3, 0.4) is 0 Å². The maximum absolute atomic E-state index is 13.3. The molecule has 1 fully saturated rings. The number of aromatic nitrogens is 1. The maximum Gasteiger partial charge on any atom is 0.310 e. The van der Waals surface area contributed by atoms with Crippen molar-refractivity contribution in [1.29, 1.82) is 0 Å². The second kappa shape index (κ2) is 7.70. The molecule has 1 amide bonds. The first kappa shape index (κ1) is 18.8. The number of carbonyl (C=O) groups is 2. The minimum absolute atomic E-state index is 0.0225. The molecular formula is C20H25ClN2O3. The second-order valence-corrected chi connectivity index (χ2v) is 7.16. The summed E-state index contributed by atoms with van der Waals surface area (Å²) in [5.74, 6) is -0.461. The highest BCUT2D eigenvalue weighted by molar-refractivity contribution is 6.31.